The van der Waals surface area contributed by atoms with Gasteiger partial charge in [0.1, 0.15) is 0 Å². The molecular weight excluding hydrogens is 352 g/mol. The summed E-state index contributed by atoms with van der Waals surface area (Å²) in [7, 11) is -0.478. The maximum atomic E-state index is 12.8. The summed E-state index contributed by atoms with van der Waals surface area (Å²) in [6.07, 6.45) is 0. The molecule has 2 aromatic carbocycles. The minimum Gasteiger partial charge on any atom is -0.383 e. The second-order valence-electron chi connectivity index (χ2n) is 6.49. The van der Waals surface area contributed by atoms with E-state index in [0.29, 0.717) is 23.4 Å². The molecule has 7 heteroatoms. The molecule has 0 bridgehead atoms. The van der Waals surface area contributed by atoms with Crippen LogP contribution in [0, 0.1) is 6.92 Å². The van der Waals surface area contributed by atoms with Crippen molar-refractivity contribution in [3.63, 3.8) is 0 Å². The van der Waals surface area contributed by atoms with E-state index in [0.717, 1.165) is 11.1 Å². The van der Waals surface area contributed by atoms with Gasteiger partial charge in [0, 0.05) is 36.9 Å². The third-order valence-electron chi connectivity index (χ3n) is 4.49. The fourth-order valence-corrected chi connectivity index (χ4v) is 4.80. The Morgan fingerprint density at radius 3 is 2.62 bits per heavy atom. The molecule has 1 heterocycles. The van der Waals surface area contributed by atoms with E-state index in [-0.39, 0.29) is 16.8 Å². The van der Waals surface area contributed by atoms with Crippen LogP contribution in [0.5, 0.6) is 0 Å². The van der Waals surface area contributed by atoms with Gasteiger partial charge in [0.2, 0.25) is 0 Å². The van der Waals surface area contributed by atoms with E-state index in [9.17, 15) is 13.2 Å². The summed E-state index contributed by atoms with van der Waals surface area (Å²) in [6, 6.07) is 10.2. The lowest BCUT2D eigenvalue weighted by Gasteiger charge is -2.31. The van der Waals surface area contributed by atoms with Crippen molar-refractivity contribution in [1.29, 1.82) is 0 Å². The Morgan fingerprint density at radius 1 is 1.23 bits per heavy atom. The van der Waals surface area contributed by atoms with Gasteiger partial charge >= 0.3 is 0 Å². The van der Waals surface area contributed by atoms with Crippen molar-refractivity contribution in [3.05, 3.63) is 47.5 Å². The molecule has 6 nitrogen and oxygen atoms in total. The van der Waals surface area contributed by atoms with Crippen molar-refractivity contribution in [1.82, 2.24) is 5.32 Å². The fourth-order valence-electron chi connectivity index (χ4n) is 3.31. The van der Waals surface area contributed by atoms with Gasteiger partial charge in [-0.3, -0.25) is 9.10 Å². The molecule has 1 amide bonds. The van der Waals surface area contributed by atoms with Gasteiger partial charge in [-0.1, -0.05) is 18.2 Å². The third-order valence-corrected chi connectivity index (χ3v) is 6.30. The first kappa shape index (κ1) is 18.4. The first-order valence-corrected chi connectivity index (χ1v) is 9.74. The summed E-state index contributed by atoms with van der Waals surface area (Å²) in [5, 5.41) is 2.89. The highest BCUT2D eigenvalue weighted by atomic mass is 32.2. The number of amides is 1. The standard InChI is InChI=1S/C19H22N2O4S/c1-12-9-14(19(22)20-13(2)11-25-4)10-16-15-7-5-6-8-17(15)26(23,24)21(3)18(12)16/h5-10,13H,11H2,1-4H3,(H,20,22)/t13-/m1/s1. The summed E-state index contributed by atoms with van der Waals surface area (Å²) in [4.78, 5) is 12.8. The van der Waals surface area contributed by atoms with E-state index in [4.69, 9.17) is 4.74 Å². The van der Waals surface area contributed by atoms with Crippen LogP contribution in [0.15, 0.2) is 41.3 Å². The van der Waals surface area contributed by atoms with E-state index in [1.165, 1.54) is 11.4 Å². The van der Waals surface area contributed by atoms with Gasteiger partial charge < -0.3 is 10.1 Å². The highest BCUT2D eigenvalue weighted by Crippen LogP contribution is 2.44. The lowest BCUT2D eigenvalue weighted by Crippen LogP contribution is -2.36. The minimum atomic E-state index is -3.60. The number of benzene rings is 2. The van der Waals surface area contributed by atoms with E-state index >= 15 is 0 Å². The van der Waals surface area contributed by atoms with Crippen molar-refractivity contribution < 1.29 is 17.9 Å². The fraction of sp³-hybridized carbons (Fsp3) is 0.316. The Balaban J connectivity index is 2.13. The number of aryl methyl sites for hydroxylation is 1. The molecule has 0 saturated carbocycles. The number of methoxy groups -OCH3 is 1. The largest absolute Gasteiger partial charge is 0.383 e. The first-order valence-electron chi connectivity index (χ1n) is 8.30. The van der Waals surface area contributed by atoms with Gasteiger partial charge in [0.25, 0.3) is 15.9 Å². The Bertz CT molecular complexity index is 969. The van der Waals surface area contributed by atoms with Gasteiger partial charge in [-0.2, -0.15) is 0 Å². The average molecular weight is 374 g/mol. The number of carbonyl (C=O) groups excluding carboxylic acids is 1. The van der Waals surface area contributed by atoms with Crippen LogP contribution in [-0.4, -0.2) is 41.1 Å². The number of anilines is 1. The van der Waals surface area contributed by atoms with Crippen molar-refractivity contribution in [2.75, 3.05) is 25.1 Å². The lowest BCUT2D eigenvalue weighted by molar-refractivity contribution is 0.0905. The molecule has 0 aromatic heterocycles. The Morgan fingerprint density at radius 2 is 1.92 bits per heavy atom. The number of hydrogen-bond donors (Lipinski definition) is 1. The first-order chi connectivity index (χ1) is 12.3. The molecule has 0 spiro atoms. The number of hydrogen-bond acceptors (Lipinski definition) is 4. The van der Waals surface area contributed by atoms with Crippen LogP contribution in [0.2, 0.25) is 0 Å². The zero-order chi connectivity index (χ0) is 19.1. The maximum absolute atomic E-state index is 12.8. The zero-order valence-corrected chi connectivity index (χ0v) is 16.1. The molecule has 0 unspecified atom stereocenters. The summed E-state index contributed by atoms with van der Waals surface area (Å²) in [6.45, 7) is 4.09. The van der Waals surface area contributed by atoms with E-state index in [1.807, 2.05) is 13.8 Å². The number of fused-ring (bicyclic) bond motifs is 3. The molecule has 0 radical (unpaired) electrons. The average Bonchev–Trinajstić information content (AvgIpc) is 2.59. The minimum absolute atomic E-state index is 0.126. The van der Waals surface area contributed by atoms with Crippen molar-refractivity contribution in [3.8, 4) is 11.1 Å². The number of nitrogens with one attached hydrogen (secondary N) is 1. The third kappa shape index (κ3) is 2.97. The number of ether oxygens (including phenoxy) is 1. The van der Waals surface area contributed by atoms with E-state index in [1.54, 1.807) is 43.5 Å². The molecule has 1 aliphatic rings. The number of sulfonamides is 1. The van der Waals surface area contributed by atoms with Gasteiger partial charge in [-0.25, -0.2) is 8.42 Å². The van der Waals surface area contributed by atoms with Crippen LogP contribution in [-0.2, 0) is 14.8 Å². The van der Waals surface area contributed by atoms with Crippen LogP contribution in [0.3, 0.4) is 0 Å². The molecule has 1 aliphatic heterocycles. The van der Waals surface area contributed by atoms with Gasteiger partial charge in [-0.15, -0.1) is 0 Å². The van der Waals surface area contributed by atoms with Crippen LogP contribution in [0.25, 0.3) is 11.1 Å². The summed E-state index contributed by atoms with van der Waals surface area (Å²) in [5.41, 5.74) is 3.18. The van der Waals surface area contributed by atoms with E-state index < -0.39 is 10.0 Å². The predicted octanol–water partition coefficient (Wildman–Crippen LogP) is 2.57. The Hall–Kier alpha value is -2.38. The van der Waals surface area contributed by atoms with Gasteiger partial charge in [0.15, 0.2) is 0 Å². The molecule has 1 N–H and O–H groups in total. The second-order valence-corrected chi connectivity index (χ2v) is 8.43. The van der Waals surface area contributed by atoms with Crippen LogP contribution < -0.4 is 9.62 Å². The summed E-state index contributed by atoms with van der Waals surface area (Å²) in [5.74, 6) is -0.214. The molecule has 3 rings (SSSR count). The lowest BCUT2D eigenvalue weighted by atomic mass is 9.96. The van der Waals surface area contributed by atoms with Crippen molar-refractivity contribution >= 4 is 21.6 Å². The molecule has 0 fully saturated rings. The van der Waals surface area contributed by atoms with Gasteiger partial charge in [0.05, 0.1) is 17.2 Å². The molecule has 1 atom stereocenters. The quantitative estimate of drug-likeness (QED) is 0.892. The monoisotopic (exact) mass is 374 g/mol. The van der Waals surface area contributed by atoms with Crippen LogP contribution in [0.4, 0.5) is 5.69 Å². The van der Waals surface area contributed by atoms with Crippen molar-refractivity contribution in [2.45, 2.75) is 24.8 Å². The Kier molecular flexibility index (Phi) is 4.77. The van der Waals surface area contributed by atoms with E-state index in [2.05, 4.69) is 5.32 Å². The highest BCUT2D eigenvalue weighted by molar-refractivity contribution is 7.93. The molecular formula is C19H22N2O4S. The highest BCUT2D eigenvalue weighted by Gasteiger charge is 2.33. The second kappa shape index (κ2) is 6.74. The number of carbonyl (C=O) groups is 1. The maximum Gasteiger partial charge on any atom is 0.264 e. The summed E-state index contributed by atoms with van der Waals surface area (Å²) < 4.78 is 31.9. The SMILES string of the molecule is COC[C@@H](C)NC(=O)c1cc(C)c2c(c1)-c1ccccc1S(=O)(=O)N2C. The smallest absolute Gasteiger partial charge is 0.264 e. The molecule has 138 valence electrons. The zero-order valence-electron chi connectivity index (χ0n) is 15.2. The predicted molar refractivity (Wildman–Crippen MR) is 101 cm³/mol. The molecule has 26 heavy (non-hydrogen) atoms. The normalized spacial score (nSPS) is 15.8. The number of rotatable bonds is 4. The van der Waals surface area contributed by atoms with Crippen LogP contribution in [0.1, 0.15) is 22.8 Å². The van der Waals surface area contributed by atoms with Crippen LogP contribution >= 0.6 is 0 Å². The topological polar surface area (TPSA) is 75.7 Å². The number of nitrogens with zero attached hydrogens (tertiary/aromatic N) is 1. The van der Waals surface area contributed by atoms with Crippen molar-refractivity contribution in [2.24, 2.45) is 0 Å². The van der Waals surface area contributed by atoms with Gasteiger partial charge in [-0.05, 0) is 37.6 Å². The molecule has 0 aliphatic carbocycles. The molecule has 0 saturated heterocycles. The summed E-state index contributed by atoms with van der Waals surface area (Å²) >= 11 is 0. The molecule has 2 aromatic rings. The Labute approximate surface area is 153 Å².